The van der Waals surface area contributed by atoms with Gasteiger partial charge in [0, 0.05) is 6.07 Å². The third-order valence-electron chi connectivity index (χ3n) is 2.20. The first-order valence-corrected chi connectivity index (χ1v) is 4.21. The number of benzene rings is 1. The summed E-state index contributed by atoms with van der Waals surface area (Å²) in [5.74, 6) is -2.63. The minimum atomic E-state index is -1.11. The zero-order valence-corrected chi connectivity index (χ0v) is 7.77. The van der Waals surface area contributed by atoms with Gasteiger partial charge in [0.05, 0.1) is 16.6 Å². The molecule has 0 aliphatic rings. The van der Waals surface area contributed by atoms with Crippen LogP contribution in [0.3, 0.4) is 0 Å². The molecule has 78 valence electrons. The van der Waals surface area contributed by atoms with Gasteiger partial charge in [-0.25, -0.2) is 8.78 Å². The Morgan fingerprint density at radius 1 is 1.27 bits per heavy atom. The SMILES string of the molecule is Cc1[nH]c2cc(F)c(F)cc2c(=O)c1O. The Kier molecular flexibility index (Phi) is 1.96. The predicted molar refractivity (Wildman–Crippen MR) is 50.9 cm³/mol. The van der Waals surface area contributed by atoms with Crippen LogP contribution >= 0.6 is 0 Å². The summed E-state index contributed by atoms with van der Waals surface area (Å²) in [6.07, 6.45) is 0. The number of hydrogen-bond acceptors (Lipinski definition) is 2. The second-order valence-electron chi connectivity index (χ2n) is 3.24. The smallest absolute Gasteiger partial charge is 0.231 e. The first kappa shape index (κ1) is 9.64. The number of hydrogen-bond donors (Lipinski definition) is 2. The summed E-state index contributed by atoms with van der Waals surface area (Å²) in [6, 6.07) is 1.65. The average molecular weight is 211 g/mol. The Morgan fingerprint density at radius 2 is 1.87 bits per heavy atom. The lowest BCUT2D eigenvalue weighted by atomic mass is 10.1. The number of fused-ring (bicyclic) bond motifs is 1. The van der Waals surface area contributed by atoms with Crippen molar-refractivity contribution < 1.29 is 13.9 Å². The Hall–Kier alpha value is -1.91. The van der Waals surface area contributed by atoms with E-state index in [1.807, 2.05) is 0 Å². The molecule has 3 nitrogen and oxygen atoms in total. The minimum absolute atomic E-state index is 0.0722. The Morgan fingerprint density at radius 3 is 2.53 bits per heavy atom. The van der Waals surface area contributed by atoms with E-state index in [9.17, 15) is 18.7 Å². The van der Waals surface area contributed by atoms with Crippen molar-refractivity contribution in [3.63, 3.8) is 0 Å². The van der Waals surface area contributed by atoms with Gasteiger partial charge in [-0.05, 0) is 13.0 Å². The minimum Gasteiger partial charge on any atom is -0.503 e. The van der Waals surface area contributed by atoms with E-state index in [1.165, 1.54) is 6.92 Å². The fourth-order valence-electron chi connectivity index (χ4n) is 1.40. The predicted octanol–water partition coefficient (Wildman–Crippen LogP) is 1.82. The maximum absolute atomic E-state index is 12.9. The van der Waals surface area contributed by atoms with Crippen LogP contribution in [0.4, 0.5) is 8.78 Å². The molecular formula is C10H7F2NO2. The van der Waals surface area contributed by atoms with Crippen LogP contribution in [-0.2, 0) is 0 Å². The van der Waals surface area contributed by atoms with E-state index in [2.05, 4.69) is 4.98 Å². The van der Waals surface area contributed by atoms with Crippen LogP contribution in [0.15, 0.2) is 16.9 Å². The zero-order valence-electron chi connectivity index (χ0n) is 7.77. The molecule has 0 saturated carbocycles. The van der Waals surface area contributed by atoms with Gasteiger partial charge in [-0.3, -0.25) is 4.79 Å². The maximum Gasteiger partial charge on any atom is 0.231 e. The lowest BCUT2D eigenvalue weighted by Crippen LogP contribution is -2.06. The van der Waals surface area contributed by atoms with Crippen molar-refractivity contribution in [2.45, 2.75) is 6.92 Å². The fraction of sp³-hybridized carbons (Fsp3) is 0.100. The molecule has 0 aliphatic carbocycles. The van der Waals surface area contributed by atoms with E-state index >= 15 is 0 Å². The molecule has 2 N–H and O–H groups in total. The molecule has 5 heteroatoms. The van der Waals surface area contributed by atoms with Crippen LogP contribution in [-0.4, -0.2) is 10.1 Å². The average Bonchev–Trinajstić information content (AvgIpc) is 2.19. The van der Waals surface area contributed by atoms with Gasteiger partial charge in [0.15, 0.2) is 17.4 Å². The van der Waals surface area contributed by atoms with E-state index in [0.29, 0.717) is 0 Å². The van der Waals surface area contributed by atoms with Crippen LogP contribution in [0.25, 0.3) is 10.9 Å². The molecule has 1 aromatic heterocycles. The quantitative estimate of drug-likeness (QED) is 0.698. The summed E-state index contributed by atoms with van der Waals surface area (Å²) in [7, 11) is 0. The van der Waals surface area contributed by atoms with Gasteiger partial charge >= 0.3 is 0 Å². The molecule has 1 heterocycles. The summed E-state index contributed by atoms with van der Waals surface area (Å²) >= 11 is 0. The molecule has 15 heavy (non-hydrogen) atoms. The van der Waals surface area contributed by atoms with Crippen molar-refractivity contribution in [3.05, 3.63) is 39.7 Å². The highest BCUT2D eigenvalue weighted by molar-refractivity contribution is 5.80. The molecule has 0 fully saturated rings. The Balaban J connectivity index is 3.00. The fourth-order valence-corrected chi connectivity index (χ4v) is 1.40. The highest BCUT2D eigenvalue weighted by Gasteiger charge is 2.11. The molecular weight excluding hydrogens is 204 g/mol. The van der Waals surface area contributed by atoms with E-state index in [4.69, 9.17) is 0 Å². The maximum atomic E-state index is 12.9. The largest absolute Gasteiger partial charge is 0.503 e. The molecule has 0 aliphatic heterocycles. The van der Waals surface area contributed by atoms with Crippen LogP contribution in [0.2, 0.25) is 0 Å². The van der Waals surface area contributed by atoms with Gasteiger partial charge in [0.25, 0.3) is 0 Å². The standard InChI is InChI=1S/C10H7F2NO2/c1-4-9(14)10(15)5-2-6(11)7(12)3-8(5)13-4/h2-3,14H,1H3,(H,13,15). The summed E-state index contributed by atoms with van der Waals surface area (Å²) in [4.78, 5) is 14.1. The van der Waals surface area contributed by atoms with E-state index < -0.39 is 22.8 Å². The van der Waals surface area contributed by atoms with Gasteiger partial charge in [-0.1, -0.05) is 0 Å². The topological polar surface area (TPSA) is 53.1 Å². The van der Waals surface area contributed by atoms with Crippen molar-refractivity contribution in [1.82, 2.24) is 4.98 Å². The molecule has 1 aromatic carbocycles. The van der Waals surface area contributed by atoms with Crippen molar-refractivity contribution in [1.29, 1.82) is 0 Å². The molecule has 2 aromatic rings. The second-order valence-corrected chi connectivity index (χ2v) is 3.24. The molecule has 0 saturated heterocycles. The van der Waals surface area contributed by atoms with Gasteiger partial charge in [0.1, 0.15) is 0 Å². The molecule has 0 amide bonds. The first-order valence-electron chi connectivity index (χ1n) is 4.21. The molecule has 0 atom stereocenters. The number of aryl methyl sites for hydroxylation is 1. The molecule has 0 unspecified atom stereocenters. The monoisotopic (exact) mass is 211 g/mol. The van der Waals surface area contributed by atoms with E-state index in [-0.39, 0.29) is 16.6 Å². The number of nitrogens with one attached hydrogen (secondary N) is 1. The van der Waals surface area contributed by atoms with E-state index in [1.54, 1.807) is 0 Å². The number of aromatic nitrogens is 1. The highest BCUT2D eigenvalue weighted by atomic mass is 19.2. The highest BCUT2D eigenvalue weighted by Crippen LogP contribution is 2.18. The second kappa shape index (κ2) is 3.05. The Bertz CT molecular complexity index is 599. The van der Waals surface area contributed by atoms with Crippen LogP contribution in [0, 0.1) is 18.6 Å². The normalized spacial score (nSPS) is 10.9. The van der Waals surface area contributed by atoms with Gasteiger partial charge in [-0.15, -0.1) is 0 Å². The number of rotatable bonds is 0. The van der Waals surface area contributed by atoms with Crippen molar-refractivity contribution in [2.75, 3.05) is 0 Å². The number of halogens is 2. The number of aromatic amines is 1. The lowest BCUT2D eigenvalue weighted by molar-refractivity contribution is 0.463. The molecule has 0 radical (unpaired) electrons. The van der Waals surface area contributed by atoms with Gasteiger partial charge in [0.2, 0.25) is 5.43 Å². The van der Waals surface area contributed by atoms with Gasteiger partial charge in [-0.2, -0.15) is 0 Å². The molecule has 0 spiro atoms. The molecule has 0 bridgehead atoms. The number of aromatic hydroxyl groups is 1. The molecule has 2 rings (SSSR count). The zero-order chi connectivity index (χ0) is 11.2. The van der Waals surface area contributed by atoms with Gasteiger partial charge < -0.3 is 10.1 Å². The Labute approximate surface area is 83.0 Å². The lowest BCUT2D eigenvalue weighted by Gasteiger charge is -2.03. The van der Waals surface area contributed by atoms with Crippen LogP contribution < -0.4 is 5.43 Å². The summed E-state index contributed by atoms with van der Waals surface area (Å²) in [5.41, 5.74) is -0.326. The van der Waals surface area contributed by atoms with Crippen molar-refractivity contribution in [2.24, 2.45) is 0 Å². The third kappa shape index (κ3) is 1.36. The first-order chi connectivity index (χ1) is 7.00. The summed E-state index contributed by atoms with van der Waals surface area (Å²) in [5, 5.41) is 9.23. The number of pyridine rings is 1. The van der Waals surface area contributed by atoms with Crippen molar-refractivity contribution >= 4 is 10.9 Å². The third-order valence-corrected chi connectivity index (χ3v) is 2.20. The van der Waals surface area contributed by atoms with Crippen LogP contribution in [0.1, 0.15) is 5.69 Å². The summed E-state index contributed by atoms with van der Waals surface area (Å²) < 4.78 is 25.7. The summed E-state index contributed by atoms with van der Waals surface area (Å²) in [6.45, 7) is 1.47. The van der Waals surface area contributed by atoms with Crippen LogP contribution in [0.5, 0.6) is 5.75 Å². The number of H-pyrrole nitrogens is 1. The van der Waals surface area contributed by atoms with Crippen molar-refractivity contribution in [3.8, 4) is 5.75 Å². The van der Waals surface area contributed by atoms with E-state index in [0.717, 1.165) is 12.1 Å².